The Balaban J connectivity index is 2.04. The number of amides is 1. The minimum absolute atomic E-state index is 0.106. The van der Waals surface area contributed by atoms with Crippen LogP contribution < -0.4 is 5.43 Å². The molecule has 0 saturated carbocycles. The summed E-state index contributed by atoms with van der Waals surface area (Å²) in [6, 6.07) is 20.2. The predicted molar refractivity (Wildman–Crippen MR) is 89.2 cm³/mol. The zero-order valence-corrected chi connectivity index (χ0v) is 12.1. The fourth-order valence-electron chi connectivity index (χ4n) is 2.12. The summed E-state index contributed by atoms with van der Waals surface area (Å²) in [7, 11) is 0. The van der Waals surface area contributed by atoms with E-state index in [-0.39, 0.29) is 5.24 Å². The van der Waals surface area contributed by atoms with E-state index in [1.54, 1.807) is 0 Å². The van der Waals surface area contributed by atoms with Gasteiger partial charge in [0.2, 0.25) is 0 Å². The molecule has 3 rings (SSSR count). The van der Waals surface area contributed by atoms with Crippen molar-refractivity contribution in [2.45, 2.75) is 0 Å². The van der Waals surface area contributed by atoms with Crippen LogP contribution in [0.3, 0.4) is 0 Å². The van der Waals surface area contributed by atoms with E-state index in [0.29, 0.717) is 5.75 Å². The van der Waals surface area contributed by atoms with Crippen LogP contribution in [0.15, 0.2) is 65.8 Å². The van der Waals surface area contributed by atoms with Crippen molar-refractivity contribution in [3.05, 3.63) is 71.8 Å². The smallest absolute Gasteiger partial charge is 0.260 e. The van der Waals surface area contributed by atoms with Crippen LogP contribution in [-0.4, -0.2) is 16.7 Å². The number of thioether (sulfide) groups is 1. The van der Waals surface area contributed by atoms with Crippen molar-refractivity contribution in [1.82, 2.24) is 5.43 Å². The number of rotatable bonds is 3. The second kappa shape index (κ2) is 6.41. The van der Waals surface area contributed by atoms with Crippen molar-refractivity contribution in [3.63, 3.8) is 0 Å². The standard InChI is InChI=1S/C17H14N2OS/c20-17-19-18-16(12-21-17)15(14-9-5-2-6-10-14)11-13-7-3-1-4-8-13/h1-11H,12H2,(H,19,20)/b15-11+. The van der Waals surface area contributed by atoms with Gasteiger partial charge >= 0.3 is 0 Å². The molecule has 0 aromatic heterocycles. The molecule has 0 atom stereocenters. The van der Waals surface area contributed by atoms with Gasteiger partial charge in [-0.05, 0) is 17.2 Å². The van der Waals surface area contributed by atoms with Gasteiger partial charge in [0, 0.05) is 11.3 Å². The minimum atomic E-state index is -0.106. The Hall–Kier alpha value is -2.33. The molecule has 1 aliphatic heterocycles. The summed E-state index contributed by atoms with van der Waals surface area (Å²) >= 11 is 1.24. The van der Waals surface area contributed by atoms with Crippen molar-refractivity contribution in [3.8, 4) is 0 Å². The van der Waals surface area contributed by atoms with Crippen molar-refractivity contribution in [2.24, 2.45) is 5.10 Å². The molecule has 4 heteroatoms. The molecule has 3 nitrogen and oxygen atoms in total. The molecule has 1 N–H and O–H groups in total. The van der Waals surface area contributed by atoms with Crippen LogP contribution in [-0.2, 0) is 0 Å². The normalized spacial score (nSPS) is 15.3. The fourth-order valence-corrected chi connectivity index (χ4v) is 2.71. The zero-order chi connectivity index (χ0) is 14.5. The summed E-state index contributed by atoms with van der Waals surface area (Å²) in [6.07, 6.45) is 2.10. The molecule has 0 fully saturated rings. The molecule has 104 valence electrons. The molecule has 0 unspecified atom stereocenters. The van der Waals surface area contributed by atoms with Crippen molar-refractivity contribution >= 4 is 34.4 Å². The lowest BCUT2D eigenvalue weighted by atomic mass is 9.99. The van der Waals surface area contributed by atoms with Gasteiger partial charge in [-0.1, -0.05) is 72.4 Å². The van der Waals surface area contributed by atoms with Crippen LogP contribution in [0.4, 0.5) is 4.79 Å². The van der Waals surface area contributed by atoms with Gasteiger partial charge in [0.05, 0.1) is 5.71 Å². The van der Waals surface area contributed by atoms with E-state index in [1.165, 1.54) is 11.8 Å². The molecular formula is C17H14N2OS. The Bertz CT molecular complexity index is 693. The Labute approximate surface area is 127 Å². The number of nitrogens with zero attached hydrogens (tertiary/aromatic N) is 1. The van der Waals surface area contributed by atoms with Crippen LogP contribution in [0.1, 0.15) is 11.1 Å². The van der Waals surface area contributed by atoms with Crippen molar-refractivity contribution < 1.29 is 4.79 Å². The topological polar surface area (TPSA) is 41.5 Å². The highest BCUT2D eigenvalue weighted by atomic mass is 32.2. The third-order valence-electron chi connectivity index (χ3n) is 3.13. The lowest BCUT2D eigenvalue weighted by Gasteiger charge is -2.15. The van der Waals surface area contributed by atoms with E-state index in [0.717, 1.165) is 22.4 Å². The maximum absolute atomic E-state index is 11.3. The van der Waals surface area contributed by atoms with Gasteiger partial charge < -0.3 is 0 Å². The first-order valence-electron chi connectivity index (χ1n) is 6.65. The highest BCUT2D eigenvalue weighted by Gasteiger charge is 2.17. The Morgan fingerprint density at radius 1 is 1.05 bits per heavy atom. The van der Waals surface area contributed by atoms with Gasteiger partial charge in [0.15, 0.2) is 0 Å². The SMILES string of the molecule is O=C1NN=C(/C(=C/c2ccccc2)c2ccccc2)CS1. The monoisotopic (exact) mass is 294 g/mol. The van der Waals surface area contributed by atoms with Crippen LogP contribution in [0.25, 0.3) is 11.6 Å². The van der Waals surface area contributed by atoms with E-state index < -0.39 is 0 Å². The Kier molecular flexibility index (Phi) is 4.17. The van der Waals surface area contributed by atoms with Crippen LogP contribution >= 0.6 is 11.8 Å². The van der Waals surface area contributed by atoms with Gasteiger partial charge in [0.25, 0.3) is 5.24 Å². The highest BCUT2D eigenvalue weighted by molar-refractivity contribution is 8.14. The first kappa shape index (κ1) is 13.6. The number of hydrazone groups is 1. The van der Waals surface area contributed by atoms with E-state index >= 15 is 0 Å². The average molecular weight is 294 g/mol. The quantitative estimate of drug-likeness (QED) is 0.868. The molecule has 1 amide bonds. The summed E-state index contributed by atoms with van der Waals surface area (Å²) in [5.41, 5.74) is 6.67. The maximum Gasteiger partial charge on any atom is 0.299 e. The molecule has 21 heavy (non-hydrogen) atoms. The molecule has 2 aromatic rings. The molecule has 0 spiro atoms. The maximum atomic E-state index is 11.3. The number of allylic oxidation sites excluding steroid dienone is 1. The summed E-state index contributed by atoms with van der Waals surface area (Å²) in [5.74, 6) is 0.583. The fraction of sp³-hybridized carbons (Fsp3) is 0.0588. The van der Waals surface area contributed by atoms with Gasteiger partial charge in [-0.3, -0.25) is 4.79 Å². The van der Waals surface area contributed by atoms with Gasteiger partial charge in [-0.15, -0.1) is 0 Å². The second-order valence-corrected chi connectivity index (χ2v) is 5.53. The first-order chi connectivity index (χ1) is 10.3. The molecular weight excluding hydrogens is 280 g/mol. The molecule has 1 aliphatic rings. The lowest BCUT2D eigenvalue weighted by Crippen LogP contribution is -2.24. The number of carbonyl (C=O) groups is 1. The number of hydrogen-bond donors (Lipinski definition) is 1. The van der Waals surface area contributed by atoms with Gasteiger partial charge in [-0.25, -0.2) is 5.43 Å². The molecule has 0 saturated heterocycles. The summed E-state index contributed by atoms with van der Waals surface area (Å²) in [5, 5.41) is 4.11. The third kappa shape index (κ3) is 3.41. The Morgan fingerprint density at radius 3 is 2.33 bits per heavy atom. The Morgan fingerprint density at radius 2 is 1.71 bits per heavy atom. The van der Waals surface area contributed by atoms with E-state index in [9.17, 15) is 4.79 Å². The molecule has 2 aromatic carbocycles. The molecule has 1 heterocycles. The lowest BCUT2D eigenvalue weighted by molar-refractivity contribution is 0.261. The zero-order valence-electron chi connectivity index (χ0n) is 11.3. The van der Waals surface area contributed by atoms with E-state index in [2.05, 4.69) is 40.9 Å². The van der Waals surface area contributed by atoms with Crippen LogP contribution in [0, 0.1) is 0 Å². The van der Waals surface area contributed by atoms with Gasteiger partial charge in [-0.2, -0.15) is 5.10 Å². The van der Waals surface area contributed by atoms with Crippen LogP contribution in [0.2, 0.25) is 0 Å². The highest BCUT2D eigenvalue weighted by Crippen LogP contribution is 2.23. The van der Waals surface area contributed by atoms with Crippen molar-refractivity contribution in [1.29, 1.82) is 0 Å². The average Bonchev–Trinajstić information content (AvgIpc) is 2.55. The number of nitrogens with one attached hydrogen (secondary N) is 1. The summed E-state index contributed by atoms with van der Waals surface area (Å²) < 4.78 is 0. The van der Waals surface area contributed by atoms with E-state index in [4.69, 9.17) is 0 Å². The van der Waals surface area contributed by atoms with Crippen molar-refractivity contribution in [2.75, 3.05) is 5.75 Å². The molecule has 0 bridgehead atoms. The first-order valence-corrected chi connectivity index (χ1v) is 7.63. The number of hydrogen-bond acceptors (Lipinski definition) is 3. The van der Waals surface area contributed by atoms with Crippen LogP contribution in [0.5, 0.6) is 0 Å². The predicted octanol–water partition coefficient (Wildman–Crippen LogP) is 4.04. The molecule has 0 radical (unpaired) electrons. The minimum Gasteiger partial charge on any atom is -0.260 e. The number of carbonyl (C=O) groups excluding carboxylic acids is 1. The number of benzene rings is 2. The van der Waals surface area contributed by atoms with Gasteiger partial charge in [0.1, 0.15) is 0 Å². The molecule has 0 aliphatic carbocycles. The second-order valence-electron chi connectivity index (χ2n) is 4.58. The largest absolute Gasteiger partial charge is 0.299 e. The van der Waals surface area contributed by atoms with E-state index in [1.807, 2.05) is 36.4 Å². The summed E-state index contributed by atoms with van der Waals surface area (Å²) in [6.45, 7) is 0. The third-order valence-corrected chi connectivity index (χ3v) is 3.90. The summed E-state index contributed by atoms with van der Waals surface area (Å²) in [4.78, 5) is 11.3.